The Balaban J connectivity index is 2.50. The molecule has 1 aromatic heterocycles. The van der Waals surface area contributed by atoms with Gasteiger partial charge in [0, 0.05) is 41.2 Å². The Morgan fingerprint density at radius 2 is 1.85 bits per heavy atom. The van der Waals surface area contributed by atoms with Crippen molar-refractivity contribution in [2.24, 2.45) is 0 Å². The normalized spacial score (nSPS) is 10.6. The van der Waals surface area contributed by atoms with Crippen LogP contribution in [0.3, 0.4) is 0 Å². The number of aryl methyl sites for hydroxylation is 1. The molecule has 0 N–H and O–H groups in total. The third-order valence-electron chi connectivity index (χ3n) is 3.37. The second-order valence-electron chi connectivity index (χ2n) is 4.67. The molecular weight excluding hydrogens is 256 g/mol. The highest BCUT2D eigenvalue weighted by molar-refractivity contribution is 5.97. The van der Waals surface area contributed by atoms with Crippen LogP contribution < -0.4 is 0 Å². The number of nitro groups is 1. The molecule has 5 heteroatoms. The number of nitro benzene ring substituents is 1. The van der Waals surface area contributed by atoms with Gasteiger partial charge in [-0.2, -0.15) is 0 Å². The number of carbonyl (C=O) groups is 1. The lowest BCUT2D eigenvalue weighted by Crippen LogP contribution is -2.02. The summed E-state index contributed by atoms with van der Waals surface area (Å²) in [5, 5.41) is 10.7. The molecule has 2 aromatic rings. The highest BCUT2D eigenvalue weighted by Gasteiger charge is 2.15. The van der Waals surface area contributed by atoms with E-state index in [0.29, 0.717) is 12.0 Å². The van der Waals surface area contributed by atoms with Gasteiger partial charge >= 0.3 is 0 Å². The minimum atomic E-state index is -0.425. The number of nitrogens with zero attached hydrogens (tertiary/aromatic N) is 2. The Bertz CT molecular complexity index is 669. The van der Waals surface area contributed by atoms with E-state index >= 15 is 0 Å². The van der Waals surface area contributed by atoms with Crippen molar-refractivity contribution >= 4 is 11.5 Å². The molecule has 0 bridgehead atoms. The number of rotatable bonds is 4. The zero-order valence-electron chi connectivity index (χ0n) is 11.7. The number of hydrogen-bond donors (Lipinski definition) is 0. The number of benzene rings is 1. The molecular formula is C15H16N2O3. The Labute approximate surface area is 117 Å². The third-order valence-corrected chi connectivity index (χ3v) is 3.37. The predicted octanol–water partition coefficient (Wildman–Crippen LogP) is 3.60. The third kappa shape index (κ3) is 2.34. The Kier molecular flexibility index (Phi) is 3.70. The summed E-state index contributed by atoms with van der Waals surface area (Å²) >= 11 is 0. The minimum absolute atomic E-state index is 0.0565. The number of carbonyl (C=O) groups excluding carboxylic acids is 1. The van der Waals surface area contributed by atoms with Crippen molar-refractivity contribution in [2.45, 2.75) is 27.2 Å². The lowest BCUT2D eigenvalue weighted by molar-refractivity contribution is -0.384. The van der Waals surface area contributed by atoms with E-state index in [1.807, 2.05) is 31.4 Å². The van der Waals surface area contributed by atoms with Crippen LogP contribution in [0.25, 0.3) is 5.69 Å². The van der Waals surface area contributed by atoms with Crippen molar-refractivity contribution < 1.29 is 9.72 Å². The number of Topliss-reactive ketones (excluding diaryl/α,β-unsaturated/α-hetero) is 1. The van der Waals surface area contributed by atoms with E-state index in [9.17, 15) is 14.9 Å². The molecule has 0 aliphatic heterocycles. The van der Waals surface area contributed by atoms with Gasteiger partial charge in [-0.3, -0.25) is 14.9 Å². The van der Waals surface area contributed by atoms with Gasteiger partial charge in [0.15, 0.2) is 5.78 Å². The van der Waals surface area contributed by atoms with Gasteiger partial charge in [0.25, 0.3) is 5.69 Å². The predicted molar refractivity (Wildman–Crippen MR) is 76.5 cm³/mol. The molecule has 0 amide bonds. The fourth-order valence-electron chi connectivity index (χ4n) is 2.36. The highest BCUT2D eigenvalue weighted by atomic mass is 16.6. The zero-order chi connectivity index (χ0) is 14.9. The summed E-state index contributed by atoms with van der Waals surface area (Å²) in [4.78, 5) is 22.1. The van der Waals surface area contributed by atoms with Crippen molar-refractivity contribution in [1.29, 1.82) is 0 Å². The molecule has 5 nitrogen and oxygen atoms in total. The van der Waals surface area contributed by atoms with Gasteiger partial charge < -0.3 is 4.57 Å². The Morgan fingerprint density at radius 3 is 2.35 bits per heavy atom. The molecule has 0 saturated heterocycles. The van der Waals surface area contributed by atoms with Gasteiger partial charge in [0.05, 0.1) is 4.92 Å². The van der Waals surface area contributed by atoms with Gasteiger partial charge in [-0.15, -0.1) is 0 Å². The largest absolute Gasteiger partial charge is 0.318 e. The molecule has 0 aliphatic carbocycles. The van der Waals surface area contributed by atoms with E-state index in [0.717, 1.165) is 17.1 Å². The Morgan fingerprint density at radius 1 is 1.25 bits per heavy atom. The fourth-order valence-corrected chi connectivity index (χ4v) is 2.36. The van der Waals surface area contributed by atoms with Crippen molar-refractivity contribution in [2.75, 3.05) is 0 Å². The van der Waals surface area contributed by atoms with E-state index in [1.54, 1.807) is 12.1 Å². The molecule has 0 radical (unpaired) electrons. The first kappa shape index (κ1) is 14.0. The molecule has 0 unspecified atom stereocenters. The minimum Gasteiger partial charge on any atom is -0.318 e. The number of non-ortho nitro benzene ring substituents is 1. The van der Waals surface area contributed by atoms with Crippen LogP contribution in [0.15, 0.2) is 30.3 Å². The van der Waals surface area contributed by atoms with Crippen LogP contribution in [-0.4, -0.2) is 15.3 Å². The second kappa shape index (κ2) is 5.28. The van der Waals surface area contributed by atoms with Gasteiger partial charge in [0.1, 0.15) is 0 Å². The van der Waals surface area contributed by atoms with Gasteiger partial charge in [-0.05, 0) is 32.0 Å². The molecule has 1 heterocycles. The van der Waals surface area contributed by atoms with E-state index in [2.05, 4.69) is 0 Å². The van der Waals surface area contributed by atoms with Crippen molar-refractivity contribution in [3.05, 3.63) is 57.4 Å². The summed E-state index contributed by atoms with van der Waals surface area (Å²) in [6.45, 7) is 5.64. The number of aromatic nitrogens is 1. The molecule has 0 spiro atoms. The standard InChI is InChI=1S/C15H16N2O3/c1-4-15(18)14-9-10(2)16(11(14)3)12-5-7-13(8-6-12)17(19)20/h5-9H,4H2,1-3H3. The molecule has 0 aliphatic rings. The maximum absolute atomic E-state index is 11.9. The average Bonchev–Trinajstić information content (AvgIpc) is 2.73. The first-order chi connectivity index (χ1) is 9.45. The summed E-state index contributed by atoms with van der Waals surface area (Å²) in [6, 6.07) is 8.18. The van der Waals surface area contributed by atoms with Crippen LogP contribution in [0.2, 0.25) is 0 Å². The molecule has 0 fully saturated rings. The van der Waals surface area contributed by atoms with E-state index < -0.39 is 4.92 Å². The first-order valence-electron chi connectivity index (χ1n) is 6.42. The highest BCUT2D eigenvalue weighted by Crippen LogP contribution is 2.23. The topological polar surface area (TPSA) is 65.1 Å². The van der Waals surface area contributed by atoms with E-state index in [-0.39, 0.29) is 11.5 Å². The molecule has 2 rings (SSSR count). The van der Waals surface area contributed by atoms with Crippen LogP contribution in [0, 0.1) is 24.0 Å². The van der Waals surface area contributed by atoms with Gasteiger partial charge in [-0.25, -0.2) is 0 Å². The van der Waals surface area contributed by atoms with E-state index in [4.69, 9.17) is 0 Å². The maximum atomic E-state index is 11.9. The quantitative estimate of drug-likeness (QED) is 0.485. The second-order valence-corrected chi connectivity index (χ2v) is 4.67. The maximum Gasteiger partial charge on any atom is 0.269 e. The molecule has 1 aromatic carbocycles. The number of ketones is 1. The summed E-state index contributed by atoms with van der Waals surface area (Å²) in [5.41, 5.74) is 3.39. The summed E-state index contributed by atoms with van der Waals surface area (Å²) in [6.07, 6.45) is 0.463. The fraction of sp³-hybridized carbons (Fsp3) is 0.267. The van der Waals surface area contributed by atoms with Crippen molar-refractivity contribution in [1.82, 2.24) is 4.57 Å². The van der Waals surface area contributed by atoms with E-state index in [1.165, 1.54) is 12.1 Å². The lowest BCUT2D eigenvalue weighted by Gasteiger charge is -2.09. The van der Waals surface area contributed by atoms with Gasteiger partial charge in [-0.1, -0.05) is 6.92 Å². The summed E-state index contributed by atoms with van der Waals surface area (Å²) in [7, 11) is 0. The summed E-state index contributed by atoms with van der Waals surface area (Å²) in [5.74, 6) is 0.103. The molecule has 104 valence electrons. The number of hydrogen-bond acceptors (Lipinski definition) is 3. The van der Waals surface area contributed by atoms with Crippen molar-refractivity contribution in [3.63, 3.8) is 0 Å². The van der Waals surface area contributed by atoms with Crippen LogP contribution in [-0.2, 0) is 0 Å². The van der Waals surface area contributed by atoms with Crippen LogP contribution >= 0.6 is 0 Å². The van der Waals surface area contributed by atoms with Crippen molar-refractivity contribution in [3.8, 4) is 5.69 Å². The molecule has 20 heavy (non-hydrogen) atoms. The molecule has 0 atom stereocenters. The Hall–Kier alpha value is -2.43. The summed E-state index contributed by atoms with van der Waals surface area (Å²) < 4.78 is 1.94. The smallest absolute Gasteiger partial charge is 0.269 e. The van der Waals surface area contributed by atoms with Crippen LogP contribution in [0.1, 0.15) is 35.1 Å². The lowest BCUT2D eigenvalue weighted by atomic mass is 10.1. The van der Waals surface area contributed by atoms with Gasteiger partial charge in [0.2, 0.25) is 0 Å². The first-order valence-corrected chi connectivity index (χ1v) is 6.42. The van der Waals surface area contributed by atoms with Crippen LogP contribution in [0.4, 0.5) is 5.69 Å². The SMILES string of the molecule is CCC(=O)c1cc(C)n(-c2ccc([N+](=O)[O-])cc2)c1C. The molecule has 0 saturated carbocycles. The average molecular weight is 272 g/mol. The zero-order valence-corrected chi connectivity index (χ0v) is 11.7. The van der Waals surface area contributed by atoms with Crippen LogP contribution in [0.5, 0.6) is 0 Å². The monoisotopic (exact) mass is 272 g/mol.